The first kappa shape index (κ1) is 13.8. The van der Waals surface area contributed by atoms with E-state index in [1.807, 2.05) is 44.2 Å². The van der Waals surface area contributed by atoms with Crippen molar-refractivity contribution in [1.82, 2.24) is 0 Å². The smallest absolute Gasteiger partial charge is 0.193 e. The van der Waals surface area contributed by atoms with Gasteiger partial charge in [0.25, 0.3) is 0 Å². The highest BCUT2D eigenvalue weighted by atomic mass is 16.5. The van der Waals surface area contributed by atoms with Crippen LogP contribution in [0.5, 0.6) is 5.75 Å². The number of carbonyl (C=O) groups excluding carboxylic acids is 1. The molecule has 0 aliphatic carbocycles. The summed E-state index contributed by atoms with van der Waals surface area (Å²) < 4.78 is 10.7. The van der Waals surface area contributed by atoms with E-state index in [0.717, 1.165) is 22.4 Å². The number of carbonyl (C=O) groups is 1. The number of aryl methyl sites for hydroxylation is 2. The van der Waals surface area contributed by atoms with Crippen molar-refractivity contribution < 1.29 is 14.3 Å². The van der Waals surface area contributed by atoms with Gasteiger partial charge in [-0.05, 0) is 54.3 Å². The standard InChI is InChI=1S/C18H18O3/c1-11-6-15(7-12(2)18(11)20-3)17(19)13-4-5-14-9-21-10-16(14)8-13/h4-8H,9-10H2,1-3H3. The number of ether oxygens (including phenoxy) is 2. The molecule has 108 valence electrons. The minimum atomic E-state index is 0.0403. The van der Waals surface area contributed by atoms with Crippen LogP contribution in [-0.2, 0) is 18.0 Å². The summed E-state index contributed by atoms with van der Waals surface area (Å²) in [5, 5.41) is 0. The summed E-state index contributed by atoms with van der Waals surface area (Å²) in [5.74, 6) is 0.882. The Morgan fingerprint density at radius 1 is 1.00 bits per heavy atom. The summed E-state index contributed by atoms with van der Waals surface area (Å²) in [6.45, 7) is 5.15. The number of ketones is 1. The maximum absolute atomic E-state index is 12.7. The monoisotopic (exact) mass is 282 g/mol. The number of fused-ring (bicyclic) bond motifs is 1. The lowest BCUT2D eigenvalue weighted by Crippen LogP contribution is -2.04. The lowest BCUT2D eigenvalue weighted by molar-refractivity contribution is 0.103. The van der Waals surface area contributed by atoms with Crippen molar-refractivity contribution >= 4 is 5.78 Å². The Kier molecular flexibility index (Phi) is 3.52. The van der Waals surface area contributed by atoms with Gasteiger partial charge in [-0.1, -0.05) is 12.1 Å². The van der Waals surface area contributed by atoms with Gasteiger partial charge in [-0.2, -0.15) is 0 Å². The normalized spacial score (nSPS) is 13.1. The fraction of sp³-hybridized carbons (Fsp3) is 0.278. The molecule has 0 spiro atoms. The maximum Gasteiger partial charge on any atom is 0.193 e. The van der Waals surface area contributed by atoms with Crippen LogP contribution < -0.4 is 4.74 Å². The largest absolute Gasteiger partial charge is 0.496 e. The number of hydrogen-bond donors (Lipinski definition) is 0. The topological polar surface area (TPSA) is 35.5 Å². The van der Waals surface area contributed by atoms with Crippen LogP contribution in [0.4, 0.5) is 0 Å². The highest BCUT2D eigenvalue weighted by Crippen LogP contribution is 2.27. The molecule has 0 atom stereocenters. The summed E-state index contributed by atoms with van der Waals surface area (Å²) in [5.41, 5.74) is 5.65. The van der Waals surface area contributed by atoms with Crippen molar-refractivity contribution in [3.63, 3.8) is 0 Å². The van der Waals surface area contributed by atoms with Crippen molar-refractivity contribution in [2.45, 2.75) is 27.1 Å². The van der Waals surface area contributed by atoms with E-state index in [4.69, 9.17) is 9.47 Å². The Morgan fingerprint density at radius 3 is 2.33 bits per heavy atom. The zero-order chi connectivity index (χ0) is 15.0. The van der Waals surface area contributed by atoms with Crippen molar-refractivity contribution in [1.29, 1.82) is 0 Å². The summed E-state index contributed by atoms with van der Waals surface area (Å²) in [6.07, 6.45) is 0. The van der Waals surface area contributed by atoms with E-state index in [1.165, 1.54) is 5.56 Å². The van der Waals surface area contributed by atoms with Gasteiger partial charge in [0.2, 0.25) is 0 Å². The zero-order valence-electron chi connectivity index (χ0n) is 12.5. The van der Waals surface area contributed by atoms with Gasteiger partial charge in [0.15, 0.2) is 5.78 Å². The van der Waals surface area contributed by atoms with E-state index < -0.39 is 0 Å². The highest BCUT2D eigenvalue weighted by Gasteiger charge is 2.17. The number of hydrogen-bond acceptors (Lipinski definition) is 3. The highest BCUT2D eigenvalue weighted by molar-refractivity contribution is 6.09. The first-order valence-electron chi connectivity index (χ1n) is 6.99. The molecule has 0 radical (unpaired) electrons. The molecule has 2 aromatic rings. The third-order valence-corrected chi connectivity index (χ3v) is 3.91. The van der Waals surface area contributed by atoms with Crippen LogP contribution in [0.3, 0.4) is 0 Å². The average Bonchev–Trinajstić information content (AvgIpc) is 2.93. The van der Waals surface area contributed by atoms with Crippen molar-refractivity contribution in [3.05, 3.63) is 63.7 Å². The minimum absolute atomic E-state index is 0.0403. The molecule has 0 saturated heterocycles. The Hall–Kier alpha value is -2.13. The predicted molar refractivity (Wildman–Crippen MR) is 80.8 cm³/mol. The number of methoxy groups -OCH3 is 1. The van der Waals surface area contributed by atoms with Crippen molar-refractivity contribution in [2.24, 2.45) is 0 Å². The number of rotatable bonds is 3. The molecule has 0 fully saturated rings. The SMILES string of the molecule is COc1c(C)cc(C(=O)c2ccc3c(c2)COC3)cc1C. The molecule has 0 saturated carbocycles. The molecule has 1 aliphatic heterocycles. The molecule has 3 rings (SSSR count). The van der Waals surface area contributed by atoms with E-state index in [-0.39, 0.29) is 5.78 Å². The molecule has 0 bridgehead atoms. The van der Waals surface area contributed by atoms with Gasteiger partial charge in [0, 0.05) is 11.1 Å². The van der Waals surface area contributed by atoms with Crippen LogP contribution in [-0.4, -0.2) is 12.9 Å². The number of benzene rings is 2. The fourth-order valence-corrected chi connectivity index (χ4v) is 2.88. The fourth-order valence-electron chi connectivity index (χ4n) is 2.88. The van der Waals surface area contributed by atoms with Gasteiger partial charge in [0.05, 0.1) is 20.3 Å². The van der Waals surface area contributed by atoms with Gasteiger partial charge in [-0.15, -0.1) is 0 Å². The van der Waals surface area contributed by atoms with Crippen LogP contribution in [0.25, 0.3) is 0 Å². The summed E-state index contributed by atoms with van der Waals surface area (Å²) in [4.78, 5) is 12.7. The first-order valence-corrected chi connectivity index (χ1v) is 6.99. The van der Waals surface area contributed by atoms with Crippen LogP contribution >= 0.6 is 0 Å². The molecule has 21 heavy (non-hydrogen) atoms. The molecule has 1 heterocycles. The predicted octanol–water partition coefficient (Wildman–Crippen LogP) is 3.57. The average molecular weight is 282 g/mol. The molecule has 0 unspecified atom stereocenters. The molecule has 3 nitrogen and oxygen atoms in total. The van der Waals surface area contributed by atoms with Crippen LogP contribution in [0.15, 0.2) is 30.3 Å². The van der Waals surface area contributed by atoms with Crippen LogP contribution in [0.1, 0.15) is 38.2 Å². The summed E-state index contributed by atoms with van der Waals surface area (Å²) >= 11 is 0. The Morgan fingerprint density at radius 2 is 1.67 bits per heavy atom. The van der Waals surface area contributed by atoms with Gasteiger partial charge >= 0.3 is 0 Å². The molecule has 1 aliphatic rings. The van der Waals surface area contributed by atoms with Gasteiger partial charge < -0.3 is 9.47 Å². The van der Waals surface area contributed by atoms with E-state index >= 15 is 0 Å². The van der Waals surface area contributed by atoms with E-state index in [0.29, 0.717) is 24.3 Å². The second kappa shape index (κ2) is 5.34. The first-order chi connectivity index (χ1) is 10.1. The third-order valence-electron chi connectivity index (χ3n) is 3.91. The van der Waals surface area contributed by atoms with Crippen LogP contribution in [0, 0.1) is 13.8 Å². The Bertz CT molecular complexity index is 693. The third kappa shape index (κ3) is 2.45. The Labute approximate surface area is 124 Å². The molecular formula is C18H18O3. The molecule has 2 aromatic carbocycles. The molecule has 3 heteroatoms. The Balaban J connectivity index is 1.99. The maximum atomic E-state index is 12.7. The van der Waals surface area contributed by atoms with Gasteiger partial charge in [-0.25, -0.2) is 0 Å². The van der Waals surface area contributed by atoms with Crippen molar-refractivity contribution in [3.8, 4) is 5.75 Å². The molecule has 0 amide bonds. The minimum Gasteiger partial charge on any atom is -0.496 e. The second-order valence-corrected chi connectivity index (χ2v) is 5.45. The zero-order valence-corrected chi connectivity index (χ0v) is 12.5. The quantitative estimate of drug-likeness (QED) is 0.807. The van der Waals surface area contributed by atoms with Gasteiger partial charge in [0.1, 0.15) is 5.75 Å². The molecular weight excluding hydrogens is 264 g/mol. The van der Waals surface area contributed by atoms with Gasteiger partial charge in [-0.3, -0.25) is 4.79 Å². The summed E-state index contributed by atoms with van der Waals surface area (Å²) in [7, 11) is 1.65. The second-order valence-electron chi connectivity index (χ2n) is 5.45. The lowest BCUT2D eigenvalue weighted by Gasteiger charge is -2.11. The van der Waals surface area contributed by atoms with E-state index in [9.17, 15) is 4.79 Å². The molecule has 0 N–H and O–H groups in total. The van der Waals surface area contributed by atoms with E-state index in [1.54, 1.807) is 7.11 Å². The van der Waals surface area contributed by atoms with E-state index in [2.05, 4.69) is 0 Å². The summed E-state index contributed by atoms with van der Waals surface area (Å²) in [6, 6.07) is 9.58. The molecule has 0 aromatic heterocycles. The van der Waals surface area contributed by atoms with Crippen molar-refractivity contribution in [2.75, 3.05) is 7.11 Å². The lowest BCUT2D eigenvalue weighted by atomic mass is 9.96. The van der Waals surface area contributed by atoms with Crippen LogP contribution in [0.2, 0.25) is 0 Å².